The number of methoxy groups -OCH3 is 1. The second kappa shape index (κ2) is 11.1. The van der Waals surface area contributed by atoms with Gasteiger partial charge in [-0.05, 0) is 42.9 Å². The minimum Gasteiger partial charge on any atom is -0.495 e. The highest BCUT2D eigenvalue weighted by Gasteiger charge is 2.35. The van der Waals surface area contributed by atoms with Crippen molar-refractivity contribution >= 4 is 35.0 Å². The van der Waals surface area contributed by atoms with Gasteiger partial charge in [-0.3, -0.25) is 4.79 Å². The topological polar surface area (TPSA) is 74.2 Å². The Labute approximate surface area is 198 Å². The summed E-state index contributed by atoms with van der Waals surface area (Å²) in [5.74, 6) is 0.558. The van der Waals surface area contributed by atoms with E-state index in [2.05, 4.69) is 23.6 Å². The van der Waals surface area contributed by atoms with Crippen LogP contribution in [0.25, 0.3) is 0 Å². The summed E-state index contributed by atoms with van der Waals surface area (Å²) in [4.78, 5) is 13.5. The van der Waals surface area contributed by atoms with Gasteiger partial charge in [0, 0.05) is 16.3 Å². The number of nitrogens with one attached hydrogen (secondary N) is 2. The van der Waals surface area contributed by atoms with Crippen LogP contribution in [0.5, 0.6) is 5.75 Å². The van der Waals surface area contributed by atoms with Crippen LogP contribution in [0.2, 0.25) is 5.02 Å². The number of nitriles is 1. The maximum absolute atomic E-state index is 13.5. The van der Waals surface area contributed by atoms with E-state index in [9.17, 15) is 10.1 Å². The lowest BCUT2D eigenvalue weighted by Crippen LogP contribution is -2.31. The number of benzene rings is 2. The minimum atomic E-state index is -0.575. The number of halogens is 1. The van der Waals surface area contributed by atoms with Gasteiger partial charge in [0.15, 0.2) is 0 Å². The standard InChI is InChI=1S/C25H26ClN3O2S/c1-4-5-14-32-25-18(15-27)23(17-10-6-7-11-19(17)26)22(16(2)28-25)24(30)29-20-12-8-9-13-21(20)31-3/h6-13,23,28H,4-5,14H2,1-3H3,(H,29,30)/t23-/m1/s1. The number of allylic oxidation sites excluding steroid dienone is 2. The first-order chi connectivity index (χ1) is 15.5. The molecule has 2 aromatic carbocycles. The van der Waals surface area contributed by atoms with Crippen molar-refractivity contribution in [1.29, 1.82) is 5.26 Å². The predicted molar refractivity (Wildman–Crippen MR) is 132 cm³/mol. The number of hydrogen-bond donors (Lipinski definition) is 2. The predicted octanol–water partition coefficient (Wildman–Crippen LogP) is 6.22. The van der Waals surface area contributed by atoms with Gasteiger partial charge in [0.2, 0.25) is 0 Å². The van der Waals surface area contributed by atoms with Crippen LogP contribution >= 0.6 is 23.4 Å². The lowest BCUT2D eigenvalue weighted by atomic mass is 9.82. The number of thioether (sulfide) groups is 1. The Hall–Kier alpha value is -2.88. The van der Waals surface area contributed by atoms with Gasteiger partial charge in [0.05, 0.1) is 35.4 Å². The molecule has 0 aromatic heterocycles. The number of para-hydroxylation sites is 2. The van der Waals surface area contributed by atoms with Crippen molar-refractivity contribution in [1.82, 2.24) is 5.32 Å². The maximum atomic E-state index is 13.5. The second-order valence-electron chi connectivity index (χ2n) is 7.33. The third kappa shape index (κ3) is 5.12. The van der Waals surface area contributed by atoms with Crippen molar-refractivity contribution in [3.63, 3.8) is 0 Å². The van der Waals surface area contributed by atoms with Crippen LogP contribution in [-0.4, -0.2) is 18.8 Å². The first-order valence-electron chi connectivity index (χ1n) is 10.4. The molecule has 1 aliphatic heterocycles. The number of rotatable bonds is 8. The minimum absolute atomic E-state index is 0.310. The average Bonchev–Trinajstić information content (AvgIpc) is 2.79. The van der Waals surface area contributed by atoms with Gasteiger partial charge in [-0.25, -0.2) is 0 Å². The molecule has 5 nitrogen and oxygen atoms in total. The van der Waals surface area contributed by atoms with Crippen molar-refractivity contribution in [3.05, 3.63) is 81.0 Å². The summed E-state index contributed by atoms with van der Waals surface area (Å²) in [5, 5.41) is 17.7. The molecule has 0 aliphatic carbocycles. The lowest BCUT2D eigenvalue weighted by molar-refractivity contribution is -0.113. The number of nitrogens with zero attached hydrogens (tertiary/aromatic N) is 1. The molecule has 1 heterocycles. The average molecular weight is 468 g/mol. The number of carbonyl (C=O) groups excluding carboxylic acids is 1. The maximum Gasteiger partial charge on any atom is 0.254 e. The highest BCUT2D eigenvalue weighted by atomic mass is 35.5. The van der Waals surface area contributed by atoms with Gasteiger partial charge >= 0.3 is 0 Å². The number of hydrogen-bond acceptors (Lipinski definition) is 5. The zero-order chi connectivity index (χ0) is 23.1. The highest BCUT2D eigenvalue weighted by molar-refractivity contribution is 8.03. The first kappa shape index (κ1) is 23.8. The van der Waals surface area contributed by atoms with Crippen LogP contribution in [-0.2, 0) is 4.79 Å². The van der Waals surface area contributed by atoms with E-state index in [0.29, 0.717) is 33.3 Å². The van der Waals surface area contributed by atoms with E-state index >= 15 is 0 Å². The van der Waals surface area contributed by atoms with Crippen LogP contribution in [0.15, 0.2) is 70.4 Å². The fourth-order valence-corrected chi connectivity index (χ4v) is 5.03. The summed E-state index contributed by atoms with van der Waals surface area (Å²) in [7, 11) is 1.56. The lowest BCUT2D eigenvalue weighted by Gasteiger charge is -2.30. The SMILES string of the molecule is CCCCSC1=C(C#N)[C@@H](c2ccccc2Cl)C(C(=O)Nc2ccccc2OC)=C(C)N1. The van der Waals surface area contributed by atoms with Crippen molar-refractivity contribution in [2.45, 2.75) is 32.6 Å². The Morgan fingerprint density at radius 3 is 2.66 bits per heavy atom. The van der Waals surface area contributed by atoms with Crippen molar-refractivity contribution in [2.24, 2.45) is 0 Å². The van der Waals surface area contributed by atoms with E-state index in [4.69, 9.17) is 16.3 Å². The summed E-state index contributed by atoms with van der Waals surface area (Å²) >= 11 is 8.15. The number of dihydropyridines is 1. The molecule has 0 unspecified atom stereocenters. The fraction of sp³-hybridized carbons (Fsp3) is 0.280. The molecule has 3 rings (SSSR count). The molecular formula is C25H26ClN3O2S. The van der Waals surface area contributed by atoms with Crippen LogP contribution in [0.4, 0.5) is 5.69 Å². The molecule has 166 valence electrons. The van der Waals surface area contributed by atoms with Crippen LogP contribution < -0.4 is 15.4 Å². The highest BCUT2D eigenvalue weighted by Crippen LogP contribution is 2.43. The monoisotopic (exact) mass is 467 g/mol. The normalized spacial score (nSPS) is 15.8. The van der Waals surface area contributed by atoms with E-state index in [1.807, 2.05) is 37.3 Å². The summed E-state index contributed by atoms with van der Waals surface area (Å²) in [6, 6.07) is 16.9. The summed E-state index contributed by atoms with van der Waals surface area (Å²) < 4.78 is 5.37. The van der Waals surface area contributed by atoms with E-state index < -0.39 is 5.92 Å². The van der Waals surface area contributed by atoms with Crippen LogP contribution in [0, 0.1) is 11.3 Å². The largest absolute Gasteiger partial charge is 0.495 e. The van der Waals surface area contributed by atoms with Crippen LogP contribution in [0.1, 0.15) is 38.2 Å². The van der Waals surface area contributed by atoms with E-state index in [1.54, 1.807) is 37.1 Å². The molecule has 7 heteroatoms. The second-order valence-corrected chi connectivity index (χ2v) is 8.84. The van der Waals surface area contributed by atoms with Gasteiger partial charge < -0.3 is 15.4 Å². The molecule has 2 aromatic rings. The number of amides is 1. The number of anilines is 1. The third-order valence-corrected chi connectivity index (χ3v) is 6.66. The Bertz CT molecular complexity index is 1100. The van der Waals surface area contributed by atoms with E-state index in [-0.39, 0.29) is 5.91 Å². The zero-order valence-corrected chi connectivity index (χ0v) is 19.9. The molecule has 0 bridgehead atoms. The Balaban J connectivity index is 2.07. The Morgan fingerprint density at radius 1 is 1.25 bits per heavy atom. The molecule has 0 saturated carbocycles. The molecule has 0 fully saturated rings. The molecule has 32 heavy (non-hydrogen) atoms. The van der Waals surface area contributed by atoms with Crippen molar-refractivity contribution in [2.75, 3.05) is 18.2 Å². The van der Waals surface area contributed by atoms with Gasteiger partial charge in [-0.1, -0.05) is 55.3 Å². The molecule has 0 radical (unpaired) electrons. The van der Waals surface area contributed by atoms with Crippen LogP contribution in [0.3, 0.4) is 0 Å². The number of ether oxygens (including phenoxy) is 1. The summed E-state index contributed by atoms with van der Waals surface area (Å²) in [6.45, 7) is 3.99. The van der Waals surface area contributed by atoms with E-state index in [0.717, 1.165) is 29.2 Å². The van der Waals surface area contributed by atoms with Crippen molar-refractivity contribution < 1.29 is 9.53 Å². The molecule has 0 saturated heterocycles. The summed E-state index contributed by atoms with van der Waals surface area (Å²) in [5.41, 5.74) is 2.94. The van der Waals surface area contributed by atoms with Gasteiger partial charge in [0.25, 0.3) is 5.91 Å². The smallest absolute Gasteiger partial charge is 0.254 e. The zero-order valence-electron chi connectivity index (χ0n) is 18.4. The first-order valence-corrected chi connectivity index (χ1v) is 11.8. The molecule has 2 N–H and O–H groups in total. The molecular weight excluding hydrogens is 442 g/mol. The van der Waals surface area contributed by atoms with E-state index in [1.165, 1.54) is 0 Å². The number of carbonyl (C=O) groups is 1. The number of unbranched alkanes of at least 4 members (excludes halogenated alkanes) is 1. The fourth-order valence-electron chi connectivity index (χ4n) is 3.60. The molecule has 1 aliphatic rings. The molecule has 0 spiro atoms. The molecule has 1 amide bonds. The third-order valence-electron chi connectivity index (χ3n) is 5.21. The summed E-state index contributed by atoms with van der Waals surface area (Å²) in [6.07, 6.45) is 2.10. The quantitative estimate of drug-likeness (QED) is 0.451. The van der Waals surface area contributed by atoms with Crippen molar-refractivity contribution in [3.8, 4) is 11.8 Å². The molecule has 1 atom stereocenters. The van der Waals surface area contributed by atoms with Gasteiger partial charge in [-0.15, -0.1) is 11.8 Å². The Morgan fingerprint density at radius 2 is 1.97 bits per heavy atom. The van der Waals surface area contributed by atoms with Gasteiger partial charge in [-0.2, -0.15) is 5.26 Å². The Kier molecular flexibility index (Phi) is 8.26. The van der Waals surface area contributed by atoms with Gasteiger partial charge in [0.1, 0.15) is 5.75 Å².